The molecule has 1 aliphatic heterocycles. The molecule has 96 valence electrons. The molecule has 6 heteroatoms. The summed E-state index contributed by atoms with van der Waals surface area (Å²) in [4.78, 5) is 4.40. The van der Waals surface area contributed by atoms with Gasteiger partial charge in [0.2, 0.25) is 0 Å². The van der Waals surface area contributed by atoms with Crippen molar-refractivity contribution in [3.8, 4) is 0 Å². The predicted molar refractivity (Wildman–Crippen MR) is 70.0 cm³/mol. The molecule has 3 rings (SSSR count). The lowest BCUT2D eigenvalue weighted by Crippen LogP contribution is -2.21. The molecule has 1 saturated heterocycles. The topological polar surface area (TPSA) is 77.5 Å². The molecule has 0 radical (unpaired) electrons. The minimum absolute atomic E-state index is 0.272. The fourth-order valence-corrected chi connectivity index (χ4v) is 4.36. The van der Waals surface area contributed by atoms with Crippen molar-refractivity contribution >= 4 is 21.2 Å². The highest BCUT2D eigenvalue weighted by atomic mass is 32.2. The zero-order valence-electron chi connectivity index (χ0n) is 9.91. The van der Waals surface area contributed by atoms with Crippen LogP contribution in [-0.2, 0) is 9.84 Å². The van der Waals surface area contributed by atoms with Crippen molar-refractivity contribution in [1.82, 2.24) is 9.38 Å². The molecular weight excluding hydrogens is 250 g/mol. The number of anilines is 1. The van der Waals surface area contributed by atoms with Gasteiger partial charge in [-0.15, -0.1) is 0 Å². The van der Waals surface area contributed by atoms with Crippen molar-refractivity contribution in [3.63, 3.8) is 0 Å². The summed E-state index contributed by atoms with van der Waals surface area (Å²) in [6.07, 6.45) is 5.97. The van der Waals surface area contributed by atoms with E-state index in [9.17, 15) is 8.42 Å². The average Bonchev–Trinajstić information content (AvgIpc) is 2.70. The smallest absolute Gasteiger partial charge is 0.158 e. The van der Waals surface area contributed by atoms with Crippen molar-refractivity contribution in [2.24, 2.45) is 0 Å². The van der Waals surface area contributed by atoms with E-state index in [0.29, 0.717) is 23.4 Å². The van der Waals surface area contributed by atoms with E-state index in [1.54, 1.807) is 24.5 Å². The minimum atomic E-state index is -3.04. The highest BCUT2D eigenvalue weighted by Gasteiger charge is 2.32. The Morgan fingerprint density at radius 1 is 1.39 bits per heavy atom. The van der Waals surface area contributed by atoms with Crippen LogP contribution in [-0.4, -0.2) is 23.6 Å². The molecule has 0 bridgehead atoms. The molecule has 1 aliphatic rings. The van der Waals surface area contributed by atoms with Gasteiger partial charge in [-0.1, -0.05) is 6.42 Å². The number of aromatic nitrogens is 2. The number of fused-ring (bicyclic) bond motifs is 1. The number of rotatable bonds is 1. The van der Waals surface area contributed by atoms with Crippen LogP contribution in [0.4, 0.5) is 5.69 Å². The number of pyridine rings is 1. The first-order valence-corrected chi connectivity index (χ1v) is 7.73. The Morgan fingerprint density at radius 3 is 3.00 bits per heavy atom. The van der Waals surface area contributed by atoms with E-state index in [0.717, 1.165) is 12.8 Å². The molecule has 0 aromatic carbocycles. The van der Waals surface area contributed by atoms with Gasteiger partial charge in [-0.3, -0.25) is 0 Å². The fourth-order valence-electron chi connectivity index (χ4n) is 2.46. The third-order valence-electron chi connectivity index (χ3n) is 3.41. The number of sulfone groups is 1. The normalized spacial score (nSPS) is 23.2. The summed E-state index contributed by atoms with van der Waals surface area (Å²) in [6.45, 7) is 0. The van der Waals surface area contributed by atoms with Gasteiger partial charge in [0.25, 0.3) is 0 Å². The lowest BCUT2D eigenvalue weighted by molar-refractivity contribution is 0.543. The summed E-state index contributed by atoms with van der Waals surface area (Å²) in [6, 6.07) is 3.52. The Bertz CT molecular complexity index is 690. The molecule has 2 N–H and O–H groups in total. The number of nitrogen functional groups attached to an aromatic ring is 1. The molecule has 1 atom stereocenters. The molecule has 18 heavy (non-hydrogen) atoms. The van der Waals surface area contributed by atoms with E-state index < -0.39 is 15.1 Å². The fraction of sp³-hybridized carbons (Fsp3) is 0.417. The SMILES string of the molecule is Nc1ccn2cc(C3CCCCS3(=O)=O)nc2c1. The van der Waals surface area contributed by atoms with Crippen LogP contribution in [0.15, 0.2) is 24.5 Å². The summed E-state index contributed by atoms with van der Waals surface area (Å²) in [5.41, 5.74) is 7.66. The second kappa shape index (κ2) is 3.98. The van der Waals surface area contributed by atoms with Crippen LogP contribution in [0.25, 0.3) is 5.65 Å². The zero-order valence-corrected chi connectivity index (χ0v) is 10.7. The van der Waals surface area contributed by atoms with E-state index in [1.165, 1.54) is 0 Å². The summed E-state index contributed by atoms with van der Waals surface area (Å²) in [5.74, 6) is 0.272. The first-order valence-electron chi connectivity index (χ1n) is 6.02. The number of hydrogen-bond donors (Lipinski definition) is 1. The van der Waals surface area contributed by atoms with Gasteiger partial charge < -0.3 is 10.1 Å². The molecule has 3 heterocycles. The van der Waals surface area contributed by atoms with Crippen LogP contribution in [0.1, 0.15) is 30.2 Å². The maximum absolute atomic E-state index is 12.1. The van der Waals surface area contributed by atoms with Gasteiger partial charge in [0.1, 0.15) is 10.9 Å². The van der Waals surface area contributed by atoms with Gasteiger partial charge in [-0.2, -0.15) is 0 Å². The van der Waals surface area contributed by atoms with Crippen LogP contribution in [0.3, 0.4) is 0 Å². The molecule has 0 amide bonds. The van der Waals surface area contributed by atoms with E-state index in [2.05, 4.69) is 4.98 Å². The predicted octanol–water partition coefficient (Wildman–Crippen LogP) is 1.56. The summed E-state index contributed by atoms with van der Waals surface area (Å²) >= 11 is 0. The van der Waals surface area contributed by atoms with Gasteiger partial charge in [0.05, 0.1) is 11.4 Å². The number of nitrogens with zero attached hydrogens (tertiary/aromatic N) is 2. The second-order valence-corrected chi connectivity index (χ2v) is 7.05. The van der Waals surface area contributed by atoms with Crippen LogP contribution in [0, 0.1) is 0 Å². The lowest BCUT2D eigenvalue weighted by atomic mass is 10.1. The lowest BCUT2D eigenvalue weighted by Gasteiger charge is -2.20. The molecular formula is C12H15N3O2S. The summed E-state index contributed by atoms with van der Waals surface area (Å²) in [7, 11) is -3.04. The third-order valence-corrected chi connectivity index (χ3v) is 5.61. The van der Waals surface area contributed by atoms with E-state index >= 15 is 0 Å². The highest BCUT2D eigenvalue weighted by molar-refractivity contribution is 7.91. The number of nitrogens with two attached hydrogens (primary N) is 1. The molecule has 5 nitrogen and oxygen atoms in total. The summed E-state index contributed by atoms with van der Waals surface area (Å²) < 4.78 is 25.9. The molecule has 2 aromatic heterocycles. The first kappa shape index (κ1) is 11.5. The number of imidazole rings is 1. The maximum Gasteiger partial charge on any atom is 0.158 e. The Balaban J connectivity index is 2.08. The molecule has 1 fully saturated rings. The van der Waals surface area contributed by atoms with Crippen molar-refractivity contribution in [2.75, 3.05) is 11.5 Å². The monoisotopic (exact) mass is 265 g/mol. The molecule has 2 aromatic rings. The van der Waals surface area contributed by atoms with Crippen molar-refractivity contribution in [2.45, 2.75) is 24.5 Å². The quantitative estimate of drug-likeness (QED) is 0.848. The van der Waals surface area contributed by atoms with E-state index in [1.807, 2.05) is 4.40 Å². The Hall–Kier alpha value is -1.56. The van der Waals surface area contributed by atoms with Crippen LogP contribution >= 0.6 is 0 Å². The van der Waals surface area contributed by atoms with Crippen molar-refractivity contribution < 1.29 is 8.42 Å². The van der Waals surface area contributed by atoms with Crippen LogP contribution in [0.2, 0.25) is 0 Å². The largest absolute Gasteiger partial charge is 0.399 e. The molecule has 0 aliphatic carbocycles. The highest BCUT2D eigenvalue weighted by Crippen LogP contribution is 2.32. The van der Waals surface area contributed by atoms with Gasteiger partial charge in [-0.25, -0.2) is 13.4 Å². The van der Waals surface area contributed by atoms with E-state index in [4.69, 9.17) is 5.73 Å². The molecule has 0 saturated carbocycles. The number of hydrogen-bond acceptors (Lipinski definition) is 4. The van der Waals surface area contributed by atoms with Gasteiger partial charge in [-0.05, 0) is 18.9 Å². The minimum Gasteiger partial charge on any atom is -0.399 e. The van der Waals surface area contributed by atoms with Gasteiger partial charge in [0, 0.05) is 24.1 Å². The average molecular weight is 265 g/mol. The second-order valence-electron chi connectivity index (χ2n) is 4.74. The summed E-state index contributed by atoms with van der Waals surface area (Å²) in [5, 5.41) is -0.452. The van der Waals surface area contributed by atoms with Gasteiger partial charge >= 0.3 is 0 Å². The van der Waals surface area contributed by atoms with Crippen molar-refractivity contribution in [3.05, 3.63) is 30.2 Å². The first-order chi connectivity index (χ1) is 8.56. The Morgan fingerprint density at radius 2 is 2.22 bits per heavy atom. The van der Waals surface area contributed by atoms with Crippen molar-refractivity contribution in [1.29, 1.82) is 0 Å². The molecule has 1 unspecified atom stereocenters. The molecule has 0 spiro atoms. The Labute approximate surface area is 106 Å². The standard InChI is InChI=1S/C12H15N3O2S/c13-9-4-5-15-8-10(14-12(15)7-9)11-3-1-2-6-18(11,16)17/h4-5,7-8,11H,1-3,6,13H2. The van der Waals surface area contributed by atoms with Gasteiger partial charge in [0.15, 0.2) is 9.84 Å². The maximum atomic E-state index is 12.1. The Kier molecular flexibility index (Phi) is 2.55. The third kappa shape index (κ3) is 1.86. The van der Waals surface area contributed by atoms with Crippen LogP contribution in [0.5, 0.6) is 0 Å². The van der Waals surface area contributed by atoms with Crippen LogP contribution < -0.4 is 5.73 Å². The zero-order chi connectivity index (χ0) is 12.8. The van der Waals surface area contributed by atoms with E-state index in [-0.39, 0.29) is 5.75 Å².